The van der Waals surface area contributed by atoms with Crippen molar-refractivity contribution >= 4 is 41.5 Å². The molecular formula is C32H51N13O8. The van der Waals surface area contributed by atoms with Crippen LogP contribution in [-0.2, 0) is 41.6 Å². The van der Waals surface area contributed by atoms with E-state index in [1.54, 1.807) is 0 Å². The summed E-state index contributed by atoms with van der Waals surface area (Å²) >= 11 is 0. The number of nitrogens with one attached hydrogen (secondary N) is 6. The maximum absolute atomic E-state index is 13.9. The summed E-state index contributed by atoms with van der Waals surface area (Å²) < 4.78 is 0. The van der Waals surface area contributed by atoms with Crippen LogP contribution in [0.3, 0.4) is 0 Å². The van der Waals surface area contributed by atoms with Crippen LogP contribution < -0.4 is 38.5 Å². The second-order valence-corrected chi connectivity index (χ2v) is 13.2. The number of carboxylic acids is 1. The number of carbonyl (C=O) groups is 6. The number of aromatic nitrogens is 4. The zero-order valence-electron chi connectivity index (χ0n) is 29.8. The Hall–Kier alpha value is -5.57. The molecule has 0 saturated carbocycles. The van der Waals surface area contributed by atoms with Crippen LogP contribution in [0.1, 0.15) is 57.3 Å². The van der Waals surface area contributed by atoms with Crippen LogP contribution in [0.25, 0.3) is 0 Å². The summed E-state index contributed by atoms with van der Waals surface area (Å²) in [4.78, 5) is 98.2. The highest BCUT2D eigenvalue weighted by molar-refractivity contribution is 5.96. The summed E-state index contributed by atoms with van der Waals surface area (Å²) in [5, 5.41) is 29.7. The van der Waals surface area contributed by atoms with Gasteiger partial charge >= 0.3 is 5.97 Å². The van der Waals surface area contributed by atoms with Crippen LogP contribution in [0.4, 0.5) is 0 Å². The number of guanidine groups is 1. The van der Waals surface area contributed by atoms with Crippen molar-refractivity contribution in [2.75, 3.05) is 19.7 Å². The SMILES string of the molecule is CC(C)C[C@H](NC(=O)[C@@H]1CCCN1C(=O)[C@@H](N)CO)C(=O)N[C@@H](Cc1cnc[nH]1)C(=O)N[C@@H](CCCN=C(N)N)C(=O)N[C@@H](Cc1cnc[nH]1)C(=O)O. The minimum atomic E-state index is -1.37. The summed E-state index contributed by atoms with van der Waals surface area (Å²) in [6.45, 7) is 3.46. The standard InChI is InChI=1S/C32H51N13O8/c1-17(2)9-22(43-29(50)25-6-4-8-45(25)30(51)20(33)14-46)27(48)42-23(10-18-12-36-15-39-18)28(49)41-21(5-3-7-38-32(34)35)26(47)44-24(31(52)53)11-19-13-37-16-40-19/h12-13,15-17,20-25,46H,3-11,14,33H2,1-2H3,(H,36,39)(H,37,40)(H,41,49)(H,42,48)(H,43,50)(H,44,47)(H,52,53)(H4,34,35,38)/t20-,21-,22-,23-,24-,25-/m0/s1. The number of nitrogens with two attached hydrogens (primary N) is 3. The number of H-pyrrole nitrogens is 2. The third-order valence-corrected chi connectivity index (χ3v) is 8.48. The monoisotopic (exact) mass is 745 g/mol. The molecule has 0 unspecified atom stereocenters. The number of aliphatic carboxylic acids is 1. The van der Waals surface area contributed by atoms with Crippen molar-refractivity contribution < 1.29 is 39.0 Å². The van der Waals surface area contributed by atoms with Gasteiger partial charge in [0.2, 0.25) is 29.5 Å². The fourth-order valence-electron chi connectivity index (χ4n) is 5.80. The number of nitrogens with zero attached hydrogens (tertiary/aromatic N) is 4. The molecule has 0 spiro atoms. The van der Waals surface area contributed by atoms with Crippen molar-refractivity contribution in [3.63, 3.8) is 0 Å². The summed E-state index contributed by atoms with van der Waals surface area (Å²) in [6, 6.07) is -7.16. The molecule has 0 bridgehead atoms. The summed E-state index contributed by atoms with van der Waals surface area (Å²) in [6.07, 6.45) is 6.66. The molecule has 5 amide bonds. The van der Waals surface area contributed by atoms with Crippen LogP contribution in [0.5, 0.6) is 0 Å². The molecule has 14 N–H and O–H groups in total. The van der Waals surface area contributed by atoms with E-state index in [9.17, 15) is 39.0 Å². The number of hydrogen-bond donors (Lipinski definition) is 11. The molecule has 2 aromatic rings. The molecule has 1 aliphatic rings. The number of rotatable bonds is 21. The molecular weight excluding hydrogens is 694 g/mol. The predicted molar refractivity (Wildman–Crippen MR) is 189 cm³/mol. The molecule has 1 saturated heterocycles. The molecule has 3 rings (SSSR count). The molecule has 53 heavy (non-hydrogen) atoms. The molecule has 0 aliphatic carbocycles. The molecule has 1 aliphatic heterocycles. The highest BCUT2D eigenvalue weighted by Gasteiger charge is 2.38. The van der Waals surface area contributed by atoms with E-state index < -0.39 is 78.4 Å². The maximum Gasteiger partial charge on any atom is 0.326 e. The Labute approximate surface area is 305 Å². The largest absolute Gasteiger partial charge is 0.480 e. The van der Waals surface area contributed by atoms with Crippen molar-refractivity contribution in [1.82, 2.24) is 46.1 Å². The first-order valence-corrected chi connectivity index (χ1v) is 17.3. The fraction of sp³-hybridized carbons (Fsp3) is 0.594. The quantitative estimate of drug-likeness (QED) is 0.0334. The molecule has 21 nitrogen and oxygen atoms in total. The van der Waals surface area contributed by atoms with Gasteiger partial charge in [-0.3, -0.25) is 29.0 Å². The fourth-order valence-corrected chi connectivity index (χ4v) is 5.80. The average Bonchev–Trinajstić information content (AvgIpc) is 3.91. The van der Waals surface area contributed by atoms with E-state index in [1.807, 2.05) is 13.8 Å². The van der Waals surface area contributed by atoms with Gasteiger partial charge in [-0.1, -0.05) is 13.8 Å². The molecule has 0 aromatic carbocycles. The first-order chi connectivity index (χ1) is 25.2. The lowest BCUT2D eigenvalue weighted by Gasteiger charge is -2.29. The average molecular weight is 746 g/mol. The molecule has 1 fully saturated rings. The van der Waals surface area contributed by atoms with Gasteiger partial charge < -0.3 is 63.5 Å². The number of carbonyl (C=O) groups excluding carboxylic acids is 5. The first kappa shape index (κ1) is 41.8. The highest BCUT2D eigenvalue weighted by atomic mass is 16.4. The Kier molecular flexibility index (Phi) is 16.2. The maximum atomic E-state index is 13.9. The predicted octanol–water partition coefficient (Wildman–Crippen LogP) is -3.65. The Morgan fingerprint density at radius 2 is 1.47 bits per heavy atom. The number of aromatic amines is 2. The Morgan fingerprint density at radius 1 is 0.906 bits per heavy atom. The van der Waals surface area contributed by atoms with Gasteiger partial charge in [0, 0.05) is 49.7 Å². The van der Waals surface area contributed by atoms with Crippen LogP contribution in [-0.4, -0.2) is 132 Å². The van der Waals surface area contributed by atoms with Gasteiger partial charge in [-0.2, -0.15) is 0 Å². The number of aliphatic hydroxyl groups is 1. The lowest BCUT2D eigenvalue weighted by Crippen LogP contribution is -2.59. The smallest absolute Gasteiger partial charge is 0.326 e. The van der Waals surface area contributed by atoms with Crippen molar-refractivity contribution in [2.24, 2.45) is 28.1 Å². The Morgan fingerprint density at radius 3 is 2.02 bits per heavy atom. The topological polar surface area (TPSA) is 342 Å². The van der Waals surface area contributed by atoms with Crippen molar-refractivity contribution in [1.29, 1.82) is 0 Å². The van der Waals surface area contributed by atoms with E-state index in [1.165, 1.54) is 29.9 Å². The van der Waals surface area contributed by atoms with Crippen LogP contribution in [0.2, 0.25) is 0 Å². The number of carboxylic acid groups (broad SMARTS) is 1. The second-order valence-electron chi connectivity index (χ2n) is 13.2. The zero-order valence-corrected chi connectivity index (χ0v) is 29.8. The number of aliphatic imine (C=N–C) groups is 1. The third-order valence-electron chi connectivity index (χ3n) is 8.48. The van der Waals surface area contributed by atoms with E-state index in [4.69, 9.17) is 17.2 Å². The zero-order chi connectivity index (χ0) is 39.1. The second kappa shape index (κ2) is 20.5. The van der Waals surface area contributed by atoms with Crippen molar-refractivity contribution in [3.05, 3.63) is 36.4 Å². The van der Waals surface area contributed by atoms with Gasteiger partial charge in [-0.05, 0) is 38.0 Å². The van der Waals surface area contributed by atoms with Crippen molar-refractivity contribution in [3.8, 4) is 0 Å². The van der Waals surface area contributed by atoms with Crippen molar-refractivity contribution in [2.45, 2.75) is 95.0 Å². The lowest BCUT2D eigenvalue weighted by atomic mass is 10.0. The van der Waals surface area contributed by atoms with E-state index in [-0.39, 0.29) is 57.1 Å². The van der Waals surface area contributed by atoms with Gasteiger partial charge in [0.05, 0.1) is 19.3 Å². The van der Waals surface area contributed by atoms with E-state index in [2.05, 4.69) is 46.2 Å². The van der Waals surface area contributed by atoms with Gasteiger partial charge in [0.15, 0.2) is 5.96 Å². The first-order valence-electron chi connectivity index (χ1n) is 17.3. The van der Waals surface area contributed by atoms with Crippen LogP contribution in [0.15, 0.2) is 30.0 Å². The molecule has 21 heteroatoms. The summed E-state index contributed by atoms with van der Waals surface area (Å²) in [5.41, 5.74) is 17.5. The minimum absolute atomic E-state index is 0.00193. The van der Waals surface area contributed by atoms with Gasteiger partial charge in [-0.15, -0.1) is 0 Å². The Balaban J connectivity index is 1.82. The number of likely N-dealkylation sites (tertiary alicyclic amines) is 1. The van der Waals surface area contributed by atoms with Crippen LogP contribution >= 0.6 is 0 Å². The van der Waals surface area contributed by atoms with E-state index in [0.29, 0.717) is 24.2 Å². The number of hydrogen-bond acceptors (Lipinski definition) is 11. The molecule has 0 radical (unpaired) electrons. The van der Waals surface area contributed by atoms with E-state index >= 15 is 0 Å². The van der Waals surface area contributed by atoms with E-state index in [0.717, 1.165) is 0 Å². The lowest BCUT2D eigenvalue weighted by molar-refractivity contribution is -0.142. The third kappa shape index (κ3) is 13.2. The molecule has 292 valence electrons. The molecule has 6 atom stereocenters. The summed E-state index contributed by atoms with van der Waals surface area (Å²) in [5.74, 6) is -5.03. The summed E-state index contributed by atoms with van der Waals surface area (Å²) in [7, 11) is 0. The highest BCUT2D eigenvalue weighted by Crippen LogP contribution is 2.19. The number of imidazole rings is 2. The van der Waals surface area contributed by atoms with Gasteiger partial charge in [-0.25, -0.2) is 14.8 Å². The van der Waals surface area contributed by atoms with Gasteiger partial charge in [0.25, 0.3) is 0 Å². The van der Waals surface area contributed by atoms with Gasteiger partial charge in [0.1, 0.15) is 36.3 Å². The molecule has 3 heterocycles. The van der Waals surface area contributed by atoms with Crippen LogP contribution in [0, 0.1) is 5.92 Å². The normalized spacial score (nSPS) is 16.8. The molecule has 2 aromatic heterocycles. The number of amides is 5. The number of aliphatic hydroxyl groups excluding tert-OH is 1. The Bertz CT molecular complexity index is 1550. The minimum Gasteiger partial charge on any atom is -0.480 e.